The molecule has 0 saturated carbocycles. The largest absolute Gasteiger partial charge is 0.508 e. The molecule has 0 bridgehead atoms. The van der Waals surface area contributed by atoms with E-state index >= 15 is 0 Å². The monoisotopic (exact) mass is 467 g/mol. The first-order valence-electron chi connectivity index (χ1n) is 11.8. The molecule has 2 aromatic carbocycles. The third-order valence-electron chi connectivity index (χ3n) is 6.57. The number of ether oxygens (including phenoxy) is 1. The number of benzene rings is 2. The van der Waals surface area contributed by atoms with Gasteiger partial charge < -0.3 is 25.1 Å². The summed E-state index contributed by atoms with van der Waals surface area (Å²) in [6.45, 7) is 10.3. The zero-order valence-corrected chi connectivity index (χ0v) is 20.0. The van der Waals surface area contributed by atoms with E-state index in [4.69, 9.17) is 9.57 Å². The molecule has 2 unspecified atom stereocenters. The number of phenols is 2. The number of carbonyl (C=O) groups excluding carboxylic acids is 1. The highest BCUT2D eigenvalue weighted by molar-refractivity contribution is 6.06. The van der Waals surface area contributed by atoms with Crippen LogP contribution in [0.2, 0.25) is 0 Å². The molecule has 2 heterocycles. The molecule has 0 radical (unpaired) electrons. The molecule has 34 heavy (non-hydrogen) atoms. The van der Waals surface area contributed by atoms with Gasteiger partial charge in [0.05, 0.1) is 19.4 Å². The lowest BCUT2D eigenvalue weighted by Gasteiger charge is -2.32. The number of morpholine rings is 1. The Morgan fingerprint density at radius 1 is 1.18 bits per heavy atom. The molecular weight excluding hydrogens is 434 g/mol. The maximum atomic E-state index is 13.5. The molecule has 0 aromatic heterocycles. The van der Waals surface area contributed by atoms with E-state index in [1.165, 1.54) is 12.3 Å². The number of nitrogens with zero attached hydrogens (tertiary/aromatic N) is 2. The number of oxime groups is 1. The fourth-order valence-electron chi connectivity index (χ4n) is 4.66. The van der Waals surface area contributed by atoms with Gasteiger partial charge in [-0.05, 0) is 35.6 Å². The second-order valence-electron chi connectivity index (χ2n) is 9.16. The summed E-state index contributed by atoms with van der Waals surface area (Å²) in [5, 5.41) is 28.0. The Balaban J connectivity index is 1.73. The van der Waals surface area contributed by atoms with Gasteiger partial charge >= 0.3 is 0 Å². The summed E-state index contributed by atoms with van der Waals surface area (Å²) in [6.07, 6.45) is 0.628. The molecule has 1 amide bonds. The molecule has 2 aromatic rings. The van der Waals surface area contributed by atoms with Crippen molar-refractivity contribution >= 4 is 12.1 Å². The molecule has 0 aliphatic carbocycles. The number of carbonyl (C=O) groups is 1. The third kappa shape index (κ3) is 4.48. The standard InChI is InChI=1S/C26H33N3O5/c1-4-27-25(32)26(19-7-5-18(6-8-19)15-29-9-11-33-12-10-29)16-28-34-24(26)21-13-20(17(2)3)22(30)14-23(21)31/h5-8,13-14,16-17,24,30-31H,4,9-12,15H2,1-3H3,(H,27,32). The SMILES string of the molecule is CCNC(=O)C1(c2ccc(CN3CCOCC3)cc2)C=NOC1c1cc(C(C)C)c(O)cc1O. The lowest BCUT2D eigenvalue weighted by molar-refractivity contribution is -0.127. The van der Waals surface area contributed by atoms with Gasteiger partial charge in [-0.1, -0.05) is 43.3 Å². The van der Waals surface area contributed by atoms with E-state index in [0.29, 0.717) is 23.2 Å². The Bertz CT molecular complexity index is 1050. The summed E-state index contributed by atoms with van der Waals surface area (Å²) < 4.78 is 5.43. The number of hydrogen-bond donors (Lipinski definition) is 3. The number of hydrogen-bond acceptors (Lipinski definition) is 7. The maximum absolute atomic E-state index is 13.5. The van der Waals surface area contributed by atoms with E-state index in [2.05, 4.69) is 15.4 Å². The van der Waals surface area contributed by atoms with Crippen molar-refractivity contribution in [2.75, 3.05) is 32.8 Å². The Kier molecular flexibility index (Phi) is 7.09. The summed E-state index contributed by atoms with van der Waals surface area (Å²) in [4.78, 5) is 21.6. The maximum Gasteiger partial charge on any atom is 0.240 e. The molecule has 3 N–H and O–H groups in total. The van der Waals surface area contributed by atoms with Crippen LogP contribution < -0.4 is 5.32 Å². The van der Waals surface area contributed by atoms with Crippen LogP contribution in [0.15, 0.2) is 41.6 Å². The zero-order chi connectivity index (χ0) is 24.3. The van der Waals surface area contributed by atoms with Gasteiger partial charge in [0.15, 0.2) is 11.5 Å². The van der Waals surface area contributed by atoms with Crippen molar-refractivity contribution in [1.82, 2.24) is 10.2 Å². The van der Waals surface area contributed by atoms with Gasteiger partial charge in [-0.2, -0.15) is 0 Å². The summed E-state index contributed by atoms with van der Waals surface area (Å²) in [5.41, 5.74) is 1.65. The van der Waals surface area contributed by atoms with Crippen LogP contribution >= 0.6 is 0 Å². The van der Waals surface area contributed by atoms with E-state index in [-0.39, 0.29) is 23.3 Å². The molecule has 2 aliphatic rings. The molecule has 8 nitrogen and oxygen atoms in total. The average Bonchev–Trinajstić information content (AvgIpc) is 3.26. The van der Waals surface area contributed by atoms with Gasteiger partial charge in [-0.25, -0.2) is 0 Å². The third-order valence-corrected chi connectivity index (χ3v) is 6.57. The van der Waals surface area contributed by atoms with Crippen LogP contribution in [0.4, 0.5) is 0 Å². The van der Waals surface area contributed by atoms with Crippen molar-refractivity contribution in [2.24, 2.45) is 5.16 Å². The first kappa shape index (κ1) is 24.0. The quantitative estimate of drug-likeness (QED) is 0.578. The molecular formula is C26H33N3O5. The van der Waals surface area contributed by atoms with Crippen LogP contribution in [0.3, 0.4) is 0 Å². The van der Waals surface area contributed by atoms with Gasteiger partial charge in [-0.3, -0.25) is 9.69 Å². The second kappa shape index (κ2) is 10.0. The van der Waals surface area contributed by atoms with Crippen LogP contribution in [0.5, 0.6) is 11.5 Å². The van der Waals surface area contributed by atoms with Crippen LogP contribution in [0.25, 0.3) is 0 Å². The topological polar surface area (TPSA) is 104 Å². The average molecular weight is 468 g/mol. The van der Waals surface area contributed by atoms with Gasteiger partial charge in [0.2, 0.25) is 5.91 Å². The highest BCUT2D eigenvalue weighted by Gasteiger charge is 2.53. The van der Waals surface area contributed by atoms with Crippen LogP contribution in [-0.4, -0.2) is 60.1 Å². The second-order valence-corrected chi connectivity index (χ2v) is 9.16. The Hall–Kier alpha value is -3.10. The first-order valence-corrected chi connectivity index (χ1v) is 11.8. The van der Waals surface area contributed by atoms with Gasteiger partial charge in [0, 0.05) is 37.8 Å². The molecule has 1 fully saturated rings. The minimum absolute atomic E-state index is 0.00578. The van der Waals surface area contributed by atoms with Crippen molar-refractivity contribution in [3.63, 3.8) is 0 Å². The number of amides is 1. The predicted octanol–water partition coefficient (Wildman–Crippen LogP) is 3.18. The lowest BCUT2D eigenvalue weighted by atomic mass is 9.73. The molecule has 8 heteroatoms. The van der Waals surface area contributed by atoms with Crippen molar-refractivity contribution in [2.45, 2.75) is 44.8 Å². The van der Waals surface area contributed by atoms with E-state index in [1.807, 2.05) is 45.0 Å². The summed E-state index contributed by atoms with van der Waals surface area (Å²) >= 11 is 0. The minimum atomic E-state index is -1.27. The van der Waals surface area contributed by atoms with Crippen molar-refractivity contribution in [1.29, 1.82) is 0 Å². The Labute approximate surface area is 200 Å². The Morgan fingerprint density at radius 3 is 2.53 bits per heavy atom. The van der Waals surface area contributed by atoms with Crippen molar-refractivity contribution in [3.05, 3.63) is 58.7 Å². The van der Waals surface area contributed by atoms with Crippen molar-refractivity contribution < 1.29 is 24.6 Å². The summed E-state index contributed by atoms with van der Waals surface area (Å²) in [5.74, 6) is -0.387. The van der Waals surface area contributed by atoms with Gasteiger partial charge in [-0.15, -0.1) is 0 Å². The Morgan fingerprint density at radius 2 is 1.88 bits per heavy atom. The van der Waals surface area contributed by atoms with Gasteiger partial charge in [0.25, 0.3) is 0 Å². The number of rotatable bonds is 7. The molecule has 2 aliphatic heterocycles. The van der Waals surface area contributed by atoms with E-state index in [9.17, 15) is 15.0 Å². The van der Waals surface area contributed by atoms with Crippen molar-refractivity contribution in [3.8, 4) is 11.5 Å². The highest BCUT2D eigenvalue weighted by Crippen LogP contribution is 2.47. The van der Waals surface area contributed by atoms with Crippen LogP contribution in [-0.2, 0) is 26.3 Å². The number of aromatic hydroxyl groups is 2. The summed E-state index contributed by atoms with van der Waals surface area (Å²) in [6, 6.07) is 10.9. The highest BCUT2D eigenvalue weighted by atomic mass is 16.6. The zero-order valence-electron chi connectivity index (χ0n) is 20.0. The van der Waals surface area contributed by atoms with Crippen LogP contribution in [0.1, 0.15) is 55.0 Å². The normalized spacial score (nSPS) is 22.6. The fourth-order valence-corrected chi connectivity index (χ4v) is 4.66. The molecule has 2 atom stereocenters. The van der Waals surface area contributed by atoms with Gasteiger partial charge in [0.1, 0.15) is 11.5 Å². The minimum Gasteiger partial charge on any atom is -0.508 e. The van der Waals surface area contributed by atoms with E-state index < -0.39 is 11.5 Å². The molecule has 182 valence electrons. The predicted molar refractivity (Wildman–Crippen MR) is 129 cm³/mol. The first-order chi connectivity index (χ1) is 16.4. The fraction of sp³-hybridized carbons (Fsp3) is 0.462. The lowest BCUT2D eigenvalue weighted by Crippen LogP contribution is -2.48. The number of nitrogens with one attached hydrogen (secondary N) is 1. The molecule has 4 rings (SSSR count). The molecule has 0 spiro atoms. The smallest absolute Gasteiger partial charge is 0.240 e. The summed E-state index contributed by atoms with van der Waals surface area (Å²) in [7, 11) is 0. The van der Waals surface area contributed by atoms with E-state index in [0.717, 1.165) is 38.4 Å². The van der Waals surface area contributed by atoms with Crippen LogP contribution in [0, 0.1) is 0 Å². The number of phenolic OH excluding ortho intramolecular Hbond substituents is 2. The number of likely N-dealkylation sites (N-methyl/N-ethyl adjacent to an activating group) is 1. The molecule has 1 saturated heterocycles. The van der Waals surface area contributed by atoms with E-state index in [1.54, 1.807) is 6.07 Å².